The number of aromatic nitrogens is 2. The number of anilines is 1. The van der Waals surface area contributed by atoms with E-state index in [9.17, 15) is 0 Å². The van der Waals surface area contributed by atoms with E-state index in [0.717, 1.165) is 35.9 Å². The van der Waals surface area contributed by atoms with Gasteiger partial charge in [-0.3, -0.25) is 0 Å². The van der Waals surface area contributed by atoms with Gasteiger partial charge in [0, 0.05) is 17.8 Å². The lowest BCUT2D eigenvalue weighted by molar-refractivity contribution is 0.947. The summed E-state index contributed by atoms with van der Waals surface area (Å²) in [6.45, 7) is 9.29. The average molecular weight is 255 g/mol. The van der Waals surface area contributed by atoms with Crippen LogP contribution in [0.3, 0.4) is 0 Å². The Morgan fingerprint density at radius 2 is 1.79 bits per heavy atom. The SMILES string of the molecule is CCCNc1nc(C)cc(-c2ccc(C)c(C)c2)n1. The number of nitrogens with one attached hydrogen (secondary N) is 1. The molecule has 3 heteroatoms. The molecule has 0 aliphatic rings. The summed E-state index contributed by atoms with van der Waals surface area (Å²) in [6, 6.07) is 8.47. The number of benzene rings is 1. The van der Waals surface area contributed by atoms with Crippen molar-refractivity contribution in [3.05, 3.63) is 41.1 Å². The number of hydrogen-bond acceptors (Lipinski definition) is 3. The first-order valence-corrected chi connectivity index (χ1v) is 6.77. The summed E-state index contributed by atoms with van der Waals surface area (Å²) < 4.78 is 0. The second kappa shape index (κ2) is 5.83. The third-order valence-electron chi connectivity index (χ3n) is 3.19. The second-order valence-electron chi connectivity index (χ2n) is 4.94. The van der Waals surface area contributed by atoms with Crippen LogP contribution >= 0.6 is 0 Å². The molecular formula is C16H21N3. The highest BCUT2D eigenvalue weighted by Crippen LogP contribution is 2.22. The maximum Gasteiger partial charge on any atom is 0.223 e. The van der Waals surface area contributed by atoms with Crippen molar-refractivity contribution >= 4 is 5.95 Å². The first-order chi connectivity index (χ1) is 9.10. The van der Waals surface area contributed by atoms with Gasteiger partial charge in [0.15, 0.2) is 0 Å². The van der Waals surface area contributed by atoms with Crippen LogP contribution in [0.5, 0.6) is 0 Å². The van der Waals surface area contributed by atoms with Gasteiger partial charge in [0.25, 0.3) is 0 Å². The summed E-state index contributed by atoms with van der Waals surface area (Å²) in [5.41, 5.74) is 5.71. The van der Waals surface area contributed by atoms with Crippen LogP contribution in [0.2, 0.25) is 0 Å². The van der Waals surface area contributed by atoms with Crippen LogP contribution in [0.15, 0.2) is 24.3 Å². The molecule has 0 saturated heterocycles. The third kappa shape index (κ3) is 3.31. The molecule has 1 aromatic carbocycles. The molecule has 0 spiro atoms. The summed E-state index contributed by atoms with van der Waals surface area (Å²) in [7, 11) is 0. The van der Waals surface area contributed by atoms with Crippen molar-refractivity contribution in [3.8, 4) is 11.3 Å². The van der Waals surface area contributed by atoms with Crippen molar-refractivity contribution in [2.45, 2.75) is 34.1 Å². The molecule has 0 aliphatic heterocycles. The fraction of sp³-hybridized carbons (Fsp3) is 0.375. The number of nitrogens with zero attached hydrogens (tertiary/aromatic N) is 2. The molecule has 1 N–H and O–H groups in total. The Morgan fingerprint density at radius 3 is 2.47 bits per heavy atom. The van der Waals surface area contributed by atoms with E-state index in [1.165, 1.54) is 11.1 Å². The summed E-state index contributed by atoms with van der Waals surface area (Å²) in [4.78, 5) is 9.00. The van der Waals surface area contributed by atoms with Crippen LogP contribution in [0.4, 0.5) is 5.95 Å². The highest BCUT2D eigenvalue weighted by Gasteiger charge is 2.05. The van der Waals surface area contributed by atoms with Gasteiger partial charge in [0.05, 0.1) is 5.69 Å². The van der Waals surface area contributed by atoms with E-state index < -0.39 is 0 Å². The van der Waals surface area contributed by atoms with E-state index >= 15 is 0 Å². The van der Waals surface area contributed by atoms with Gasteiger partial charge in [-0.1, -0.05) is 19.1 Å². The third-order valence-corrected chi connectivity index (χ3v) is 3.19. The van der Waals surface area contributed by atoms with Crippen LogP contribution < -0.4 is 5.32 Å². The molecule has 3 nitrogen and oxygen atoms in total. The van der Waals surface area contributed by atoms with Gasteiger partial charge in [0.1, 0.15) is 0 Å². The minimum atomic E-state index is 0.718. The van der Waals surface area contributed by atoms with Gasteiger partial charge in [-0.05, 0) is 50.5 Å². The predicted molar refractivity (Wildman–Crippen MR) is 80.5 cm³/mol. The zero-order chi connectivity index (χ0) is 13.8. The van der Waals surface area contributed by atoms with Gasteiger partial charge >= 0.3 is 0 Å². The molecule has 1 aromatic heterocycles. The Labute approximate surface area is 115 Å². The summed E-state index contributed by atoms with van der Waals surface area (Å²) in [6.07, 6.45) is 1.07. The lowest BCUT2D eigenvalue weighted by Gasteiger charge is -2.09. The molecule has 0 amide bonds. The van der Waals surface area contributed by atoms with Crippen LogP contribution in [-0.2, 0) is 0 Å². The normalized spacial score (nSPS) is 10.5. The molecule has 2 aromatic rings. The van der Waals surface area contributed by atoms with E-state index in [-0.39, 0.29) is 0 Å². The molecule has 0 atom stereocenters. The Balaban J connectivity index is 2.37. The molecule has 0 bridgehead atoms. The van der Waals surface area contributed by atoms with Crippen molar-refractivity contribution in [2.75, 3.05) is 11.9 Å². The monoisotopic (exact) mass is 255 g/mol. The molecule has 0 saturated carbocycles. The zero-order valence-electron chi connectivity index (χ0n) is 12.1. The van der Waals surface area contributed by atoms with Crippen LogP contribution in [-0.4, -0.2) is 16.5 Å². The van der Waals surface area contributed by atoms with Crippen molar-refractivity contribution in [1.82, 2.24) is 9.97 Å². The van der Waals surface area contributed by atoms with Crippen molar-refractivity contribution in [3.63, 3.8) is 0 Å². The molecule has 0 aliphatic carbocycles. The highest BCUT2D eigenvalue weighted by molar-refractivity contribution is 5.62. The molecule has 19 heavy (non-hydrogen) atoms. The topological polar surface area (TPSA) is 37.8 Å². The molecule has 0 radical (unpaired) electrons. The first kappa shape index (κ1) is 13.5. The zero-order valence-corrected chi connectivity index (χ0v) is 12.1. The van der Waals surface area contributed by atoms with E-state index in [4.69, 9.17) is 0 Å². The van der Waals surface area contributed by atoms with Crippen molar-refractivity contribution < 1.29 is 0 Å². The largest absolute Gasteiger partial charge is 0.354 e. The summed E-state index contributed by atoms with van der Waals surface area (Å²) in [5, 5.41) is 3.25. The Kier molecular flexibility index (Phi) is 4.15. The quantitative estimate of drug-likeness (QED) is 0.900. The van der Waals surface area contributed by atoms with Crippen LogP contribution in [0, 0.1) is 20.8 Å². The smallest absolute Gasteiger partial charge is 0.223 e. The fourth-order valence-electron chi connectivity index (χ4n) is 1.93. The molecule has 2 rings (SSSR count). The minimum absolute atomic E-state index is 0.718. The van der Waals surface area contributed by atoms with Crippen LogP contribution in [0.1, 0.15) is 30.2 Å². The summed E-state index contributed by atoms with van der Waals surface area (Å²) >= 11 is 0. The van der Waals surface area contributed by atoms with Gasteiger partial charge in [-0.15, -0.1) is 0 Å². The van der Waals surface area contributed by atoms with Crippen molar-refractivity contribution in [2.24, 2.45) is 0 Å². The Bertz CT molecular complexity index is 576. The maximum absolute atomic E-state index is 4.59. The van der Waals surface area contributed by atoms with E-state index in [1.807, 2.05) is 13.0 Å². The van der Waals surface area contributed by atoms with E-state index in [1.54, 1.807) is 0 Å². The van der Waals surface area contributed by atoms with E-state index in [2.05, 4.69) is 54.3 Å². The van der Waals surface area contributed by atoms with Gasteiger partial charge in [-0.25, -0.2) is 9.97 Å². The Morgan fingerprint density at radius 1 is 1.00 bits per heavy atom. The van der Waals surface area contributed by atoms with Crippen LogP contribution in [0.25, 0.3) is 11.3 Å². The molecule has 0 unspecified atom stereocenters. The summed E-state index contributed by atoms with van der Waals surface area (Å²) in [5.74, 6) is 0.718. The molecule has 0 fully saturated rings. The number of aryl methyl sites for hydroxylation is 3. The van der Waals surface area contributed by atoms with Gasteiger partial charge in [-0.2, -0.15) is 0 Å². The fourth-order valence-corrected chi connectivity index (χ4v) is 1.93. The molecule has 1 heterocycles. The van der Waals surface area contributed by atoms with Crippen molar-refractivity contribution in [1.29, 1.82) is 0 Å². The second-order valence-corrected chi connectivity index (χ2v) is 4.94. The Hall–Kier alpha value is -1.90. The lowest BCUT2D eigenvalue weighted by atomic mass is 10.0. The molecule has 100 valence electrons. The minimum Gasteiger partial charge on any atom is -0.354 e. The lowest BCUT2D eigenvalue weighted by Crippen LogP contribution is -2.05. The van der Waals surface area contributed by atoms with E-state index in [0.29, 0.717) is 0 Å². The highest BCUT2D eigenvalue weighted by atomic mass is 15.1. The standard InChI is InChI=1S/C16H21N3/c1-5-8-17-16-18-13(4)10-15(19-16)14-7-6-11(2)12(3)9-14/h6-7,9-10H,5,8H2,1-4H3,(H,17,18,19). The predicted octanol–water partition coefficient (Wildman–Crippen LogP) is 3.89. The first-order valence-electron chi connectivity index (χ1n) is 6.77. The van der Waals surface area contributed by atoms with Gasteiger partial charge < -0.3 is 5.32 Å². The maximum atomic E-state index is 4.59. The molecular weight excluding hydrogens is 234 g/mol. The average Bonchev–Trinajstić information content (AvgIpc) is 2.39. The van der Waals surface area contributed by atoms with Gasteiger partial charge in [0.2, 0.25) is 5.95 Å². The number of rotatable bonds is 4. The number of hydrogen-bond donors (Lipinski definition) is 1.